The van der Waals surface area contributed by atoms with Crippen LogP contribution in [0.1, 0.15) is 6.92 Å². The highest BCUT2D eigenvalue weighted by Gasteiger charge is 2.31. The van der Waals surface area contributed by atoms with Crippen LogP contribution in [0.15, 0.2) is 40.3 Å². The molecule has 6 heteroatoms. The zero-order valence-electron chi connectivity index (χ0n) is 9.49. The Hall–Kier alpha value is -0.350. The van der Waals surface area contributed by atoms with Crippen LogP contribution in [0, 0.1) is 0 Å². The van der Waals surface area contributed by atoms with Crippen LogP contribution in [-0.2, 0) is 4.79 Å². The van der Waals surface area contributed by atoms with Crippen molar-refractivity contribution in [3.8, 4) is 0 Å². The molecule has 1 aromatic rings. The van der Waals surface area contributed by atoms with E-state index in [1.807, 2.05) is 36.1 Å². The van der Waals surface area contributed by atoms with Crippen molar-refractivity contribution in [1.29, 1.82) is 0 Å². The Morgan fingerprint density at radius 3 is 2.67 bits per heavy atom. The Balaban J connectivity index is 2.33. The average Bonchev–Trinajstić information content (AvgIpc) is 2.64. The third-order valence-corrected chi connectivity index (χ3v) is 4.16. The second-order valence-corrected chi connectivity index (χ2v) is 7.00. The van der Waals surface area contributed by atoms with Gasteiger partial charge in [0, 0.05) is 17.5 Å². The fourth-order valence-corrected chi connectivity index (χ4v) is 3.00. The van der Waals surface area contributed by atoms with Crippen molar-refractivity contribution in [1.82, 2.24) is 0 Å². The maximum absolute atomic E-state index is 11.7. The molecule has 1 heterocycles. The predicted molar refractivity (Wildman–Crippen MR) is 78.7 cm³/mol. The van der Waals surface area contributed by atoms with Crippen LogP contribution in [0.25, 0.3) is 0 Å². The molecule has 18 heavy (non-hydrogen) atoms. The molecule has 0 N–H and O–H groups in total. The van der Waals surface area contributed by atoms with Gasteiger partial charge in [0.15, 0.2) is 0 Å². The van der Waals surface area contributed by atoms with Gasteiger partial charge < -0.3 is 4.90 Å². The SMILES string of the molecule is CCN1C(=CC(=O)C(Cl)(Cl)Cl)Sc2ccccc21. The normalized spacial score (nSPS) is 17.1. The first-order valence-electron chi connectivity index (χ1n) is 5.30. The van der Waals surface area contributed by atoms with Crippen molar-refractivity contribution in [3.63, 3.8) is 0 Å². The van der Waals surface area contributed by atoms with Crippen molar-refractivity contribution < 1.29 is 4.79 Å². The van der Waals surface area contributed by atoms with E-state index in [9.17, 15) is 4.79 Å². The Morgan fingerprint density at radius 1 is 1.39 bits per heavy atom. The quantitative estimate of drug-likeness (QED) is 0.594. The molecule has 0 amide bonds. The van der Waals surface area contributed by atoms with Gasteiger partial charge >= 0.3 is 0 Å². The molecule has 0 aromatic heterocycles. The highest BCUT2D eigenvalue weighted by Crippen LogP contribution is 2.46. The van der Waals surface area contributed by atoms with Gasteiger partial charge in [-0.2, -0.15) is 0 Å². The number of rotatable bonds is 2. The van der Waals surface area contributed by atoms with Crippen molar-refractivity contribution in [3.05, 3.63) is 35.4 Å². The van der Waals surface area contributed by atoms with Crippen molar-refractivity contribution >= 4 is 58.0 Å². The zero-order chi connectivity index (χ0) is 13.3. The van der Waals surface area contributed by atoms with Gasteiger partial charge in [-0.05, 0) is 19.1 Å². The lowest BCUT2D eigenvalue weighted by Gasteiger charge is -2.18. The molecule has 0 unspecified atom stereocenters. The monoisotopic (exact) mass is 321 g/mol. The summed E-state index contributed by atoms with van der Waals surface area (Å²) >= 11 is 18.2. The van der Waals surface area contributed by atoms with Crippen LogP contribution in [0.3, 0.4) is 0 Å². The number of para-hydroxylation sites is 1. The summed E-state index contributed by atoms with van der Waals surface area (Å²) < 4.78 is -1.90. The lowest BCUT2D eigenvalue weighted by Crippen LogP contribution is -2.21. The van der Waals surface area contributed by atoms with Crippen LogP contribution in [0.5, 0.6) is 0 Å². The van der Waals surface area contributed by atoms with E-state index in [2.05, 4.69) is 0 Å². The second-order valence-electron chi connectivity index (χ2n) is 3.66. The lowest BCUT2D eigenvalue weighted by molar-refractivity contribution is -0.113. The van der Waals surface area contributed by atoms with Gasteiger partial charge in [0.05, 0.1) is 10.7 Å². The van der Waals surface area contributed by atoms with E-state index in [-0.39, 0.29) is 0 Å². The summed E-state index contributed by atoms with van der Waals surface area (Å²) in [6.07, 6.45) is 1.39. The molecule has 0 bridgehead atoms. The number of allylic oxidation sites excluding steroid dienone is 1. The zero-order valence-corrected chi connectivity index (χ0v) is 12.6. The largest absolute Gasteiger partial charge is 0.335 e. The molecule has 0 aliphatic carbocycles. The van der Waals surface area contributed by atoms with Gasteiger partial charge in [0.1, 0.15) is 0 Å². The predicted octanol–water partition coefficient (Wildman–Crippen LogP) is 4.40. The molecule has 1 aliphatic rings. The summed E-state index contributed by atoms with van der Waals surface area (Å²) in [4.78, 5) is 14.8. The number of carbonyl (C=O) groups is 1. The smallest absolute Gasteiger partial charge is 0.252 e. The van der Waals surface area contributed by atoms with E-state index in [4.69, 9.17) is 34.8 Å². The maximum atomic E-state index is 11.7. The summed E-state index contributed by atoms with van der Waals surface area (Å²) in [7, 11) is 0. The number of ketones is 1. The maximum Gasteiger partial charge on any atom is 0.252 e. The van der Waals surface area contributed by atoms with Gasteiger partial charge in [-0.25, -0.2) is 0 Å². The number of carbonyl (C=O) groups excluding carboxylic acids is 1. The first-order valence-corrected chi connectivity index (χ1v) is 7.25. The molecule has 2 nitrogen and oxygen atoms in total. The van der Waals surface area contributed by atoms with E-state index in [1.54, 1.807) is 0 Å². The standard InChI is InChI=1S/C12H10Cl3NOS/c1-2-16-8-5-3-4-6-9(8)18-11(16)7-10(17)12(13,14)15/h3-7H,2H2,1H3. The highest BCUT2D eigenvalue weighted by atomic mass is 35.6. The number of hydrogen-bond acceptors (Lipinski definition) is 3. The Bertz CT molecular complexity index is 510. The molecule has 0 spiro atoms. The van der Waals surface area contributed by atoms with Gasteiger partial charge in [0.2, 0.25) is 5.78 Å². The van der Waals surface area contributed by atoms with E-state index in [0.29, 0.717) is 0 Å². The van der Waals surface area contributed by atoms with Gasteiger partial charge in [-0.15, -0.1) is 0 Å². The number of benzene rings is 1. The number of alkyl halides is 3. The molecular formula is C12H10Cl3NOS. The first kappa shape index (κ1) is 14.1. The number of hydrogen-bond donors (Lipinski definition) is 0. The van der Waals surface area contributed by atoms with E-state index in [1.165, 1.54) is 17.8 Å². The molecule has 1 aromatic carbocycles. The molecule has 0 atom stereocenters. The third kappa shape index (κ3) is 2.80. The van der Waals surface area contributed by atoms with Gasteiger partial charge in [0.25, 0.3) is 3.79 Å². The molecule has 0 radical (unpaired) electrons. The molecule has 0 fully saturated rings. The summed E-state index contributed by atoms with van der Waals surface area (Å²) in [5.41, 5.74) is 1.08. The van der Waals surface area contributed by atoms with Gasteiger partial charge in [-0.3, -0.25) is 4.79 Å². The second kappa shape index (κ2) is 5.33. The number of fused-ring (bicyclic) bond motifs is 1. The molecule has 1 aliphatic heterocycles. The van der Waals surface area contributed by atoms with E-state index < -0.39 is 9.58 Å². The minimum Gasteiger partial charge on any atom is -0.335 e. The minimum absolute atomic E-state index is 0.527. The number of anilines is 1. The van der Waals surface area contributed by atoms with Crippen molar-refractivity contribution in [2.45, 2.75) is 15.6 Å². The van der Waals surface area contributed by atoms with E-state index >= 15 is 0 Å². The van der Waals surface area contributed by atoms with Crippen LogP contribution < -0.4 is 4.90 Å². The van der Waals surface area contributed by atoms with Crippen LogP contribution in [0.4, 0.5) is 5.69 Å². The molecule has 2 rings (SSSR count). The highest BCUT2D eigenvalue weighted by molar-refractivity contribution is 8.03. The van der Waals surface area contributed by atoms with Gasteiger partial charge in [-0.1, -0.05) is 58.7 Å². The number of nitrogens with zero attached hydrogens (tertiary/aromatic N) is 1. The van der Waals surface area contributed by atoms with Crippen LogP contribution >= 0.6 is 46.6 Å². The summed E-state index contributed by atoms with van der Waals surface area (Å²) in [6, 6.07) is 7.93. The molecule has 0 saturated carbocycles. The first-order chi connectivity index (χ1) is 8.43. The topological polar surface area (TPSA) is 20.3 Å². The summed E-state index contributed by atoms with van der Waals surface area (Å²) in [5, 5.41) is 0.787. The lowest BCUT2D eigenvalue weighted by atomic mass is 10.3. The van der Waals surface area contributed by atoms with Crippen LogP contribution in [0.2, 0.25) is 0 Å². The van der Waals surface area contributed by atoms with Crippen LogP contribution in [-0.4, -0.2) is 16.1 Å². The number of halogens is 3. The van der Waals surface area contributed by atoms with Crippen molar-refractivity contribution in [2.24, 2.45) is 0 Å². The fraction of sp³-hybridized carbons (Fsp3) is 0.250. The summed E-state index contributed by atoms with van der Waals surface area (Å²) in [6.45, 7) is 2.76. The van der Waals surface area contributed by atoms with Crippen molar-refractivity contribution in [2.75, 3.05) is 11.4 Å². The molecule has 0 saturated heterocycles. The third-order valence-electron chi connectivity index (χ3n) is 2.49. The average molecular weight is 323 g/mol. The molecule has 96 valence electrons. The number of thioether (sulfide) groups is 1. The molecular weight excluding hydrogens is 313 g/mol. The minimum atomic E-state index is -1.90. The Morgan fingerprint density at radius 2 is 2.06 bits per heavy atom. The van der Waals surface area contributed by atoms with E-state index in [0.717, 1.165) is 22.2 Å². The Labute approximate surface area is 125 Å². The Kier molecular flexibility index (Phi) is 4.17. The summed E-state index contributed by atoms with van der Waals surface area (Å²) in [5.74, 6) is -0.527. The fourth-order valence-electron chi connectivity index (χ4n) is 1.68.